The molecule has 6 heteroatoms. The molecule has 0 unspecified atom stereocenters. The number of rotatable bonds is 4. The lowest BCUT2D eigenvalue weighted by atomic mass is 10.1. The molecule has 1 aliphatic rings. The van der Waals surface area contributed by atoms with Crippen molar-refractivity contribution in [1.82, 2.24) is 9.97 Å². The van der Waals surface area contributed by atoms with Crippen LogP contribution in [0.3, 0.4) is 0 Å². The van der Waals surface area contributed by atoms with Crippen molar-refractivity contribution in [3.63, 3.8) is 0 Å². The second-order valence-electron chi connectivity index (χ2n) is 6.91. The summed E-state index contributed by atoms with van der Waals surface area (Å²) < 4.78 is 13.0. The first-order chi connectivity index (χ1) is 13.6. The van der Waals surface area contributed by atoms with E-state index in [9.17, 15) is 9.65 Å². The normalized spacial score (nSPS) is 16.6. The molecule has 0 saturated carbocycles. The van der Waals surface area contributed by atoms with Crippen LogP contribution in [0.1, 0.15) is 23.2 Å². The third-order valence-electron chi connectivity index (χ3n) is 4.87. The molecule has 28 heavy (non-hydrogen) atoms. The molecule has 0 aliphatic carbocycles. The molecule has 1 fully saturated rings. The molecule has 1 aromatic carbocycles. The predicted octanol–water partition coefficient (Wildman–Crippen LogP) is 3.80. The number of benzene rings is 1. The molecule has 5 nitrogen and oxygen atoms in total. The van der Waals surface area contributed by atoms with Gasteiger partial charge in [0.2, 0.25) is 0 Å². The van der Waals surface area contributed by atoms with Crippen molar-refractivity contribution < 1.29 is 4.39 Å². The first-order valence-electron chi connectivity index (χ1n) is 9.16. The molecule has 0 spiro atoms. The van der Waals surface area contributed by atoms with E-state index in [1.165, 1.54) is 12.1 Å². The fraction of sp³-hybridized carbons (Fsp3) is 0.182. The van der Waals surface area contributed by atoms with Crippen LogP contribution in [-0.2, 0) is 0 Å². The van der Waals surface area contributed by atoms with Crippen molar-refractivity contribution in [3.05, 3.63) is 71.3 Å². The van der Waals surface area contributed by atoms with E-state index >= 15 is 0 Å². The summed E-state index contributed by atoms with van der Waals surface area (Å²) in [5.74, 6) is 0.567. The van der Waals surface area contributed by atoms with Gasteiger partial charge < -0.3 is 15.6 Å². The maximum atomic E-state index is 13.0. The van der Waals surface area contributed by atoms with Crippen molar-refractivity contribution in [2.75, 3.05) is 18.0 Å². The number of anilines is 1. The van der Waals surface area contributed by atoms with Crippen molar-refractivity contribution in [2.24, 2.45) is 5.73 Å². The number of nitriles is 1. The summed E-state index contributed by atoms with van der Waals surface area (Å²) in [6, 6.07) is 14.4. The fourth-order valence-corrected chi connectivity index (χ4v) is 3.39. The van der Waals surface area contributed by atoms with Gasteiger partial charge in [0, 0.05) is 36.6 Å². The zero-order valence-electron chi connectivity index (χ0n) is 15.3. The standard InChI is InChI=1S/C22H20FN5/c23-18-4-1-15(2-5-18)3-6-20-11-16(7-9-26-20)21-12-17(13-24)22(27-21)28-10-8-19(25)14-28/h1-7,9,11-12,19,27H,8,10,14,25H2/t19-/m1/s1. The molecule has 0 amide bonds. The van der Waals surface area contributed by atoms with Crippen molar-refractivity contribution in [1.29, 1.82) is 5.26 Å². The van der Waals surface area contributed by atoms with Crippen LogP contribution in [0, 0.1) is 17.1 Å². The van der Waals surface area contributed by atoms with Gasteiger partial charge in [-0.05, 0) is 48.4 Å². The van der Waals surface area contributed by atoms with E-state index in [-0.39, 0.29) is 11.9 Å². The summed E-state index contributed by atoms with van der Waals surface area (Å²) in [7, 11) is 0. The lowest BCUT2D eigenvalue weighted by Crippen LogP contribution is -2.26. The number of halogens is 1. The van der Waals surface area contributed by atoms with Crippen LogP contribution >= 0.6 is 0 Å². The van der Waals surface area contributed by atoms with Gasteiger partial charge in [0.05, 0.1) is 11.3 Å². The highest BCUT2D eigenvalue weighted by atomic mass is 19.1. The zero-order chi connectivity index (χ0) is 19.5. The molecule has 0 bridgehead atoms. The molecule has 1 aliphatic heterocycles. The average molecular weight is 373 g/mol. The van der Waals surface area contributed by atoms with Gasteiger partial charge in [-0.2, -0.15) is 5.26 Å². The summed E-state index contributed by atoms with van der Waals surface area (Å²) in [6.45, 7) is 1.59. The van der Waals surface area contributed by atoms with Gasteiger partial charge >= 0.3 is 0 Å². The van der Waals surface area contributed by atoms with E-state index in [0.717, 1.165) is 47.8 Å². The molecule has 4 rings (SSSR count). The van der Waals surface area contributed by atoms with Crippen molar-refractivity contribution in [3.8, 4) is 17.3 Å². The van der Waals surface area contributed by atoms with Crippen LogP contribution in [0.15, 0.2) is 48.7 Å². The second-order valence-corrected chi connectivity index (χ2v) is 6.91. The highest BCUT2D eigenvalue weighted by Crippen LogP contribution is 2.29. The Labute approximate surface area is 162 Å². The highest BCUT2D eigenvalue weighted by Gasteiger charge is 2.23. The van der Waals surface area contributed by atoms with E-state index in [4.69, 9.17) is 5.73 Å². The quantitative estimate of drug-likeness (QED) is 0.729. The molecule has 3 heterocycles. The number of hydrogen-bond donors (Lipinski definition) is 2. The van der Waals surface area contributed by atoms with Crippen LogP contribution in [0.5, 0.6) is 0 Å². The van der Waals surface area contributed by atoms with E-state index in [1.54, 1.807) is 18.3 Å². The minimum absolute atomic E-state index is 0.141. The molecular weight excluding hydrogens is 353 g/mol. The lowest BCUT2D eigenvalue weighted by molar-refractivity contribution is 0.628. The first kappa shape index (κ1) is 18.0. The minimum atomic E-state index is -0.257. The number of aromatic amines is 1. The second kappa shape index (κ2) is 7.67. The van der Waals surface area contributed by atoms with Gasteiger partial charge in [-0.15, -0.1) is 0 Å². The average Bonchev–Trinajstić information content (AvgIpc) is 3.34. The fourth-order valence-electron chi connectivity index (χ4n) is 3.39. The number of hydrogen-bond acceptors (Lipinski definition) is 4. The molecule has 1 atom stereocenters. The molecular formula is C22H20FN5. The third-order valence-corrected chi connectivity index (χ3v) is 4.87. The maximum absolute atomic E-state index is 13.0. The Morgan fingerprint density at radius 2 is 2.04 bits per heavy atom. The zero-order valence-corrected chi connectivity index (χ0v) is 15.3. The maximum Gasteiger partial charge on any atom is 0.124 e. The number of pyridine rings is 1. The summed E-state index contributed by atoms with van der Waals surface area (Å²) in [6.07, 6.45) is 6.42. The Bertz CT molecular complexity index is 1050. The van der Waals surface area contributed by atoms with Gasteiger partial charge in [0.1, 0.15) is 17.7 Å². The van der Waals surface area contributed by atoms with Gasteiger partial charge in [-0.3, -0.25) is 4.98 Å². The summed E-state index contributed by atoms with van der Waals surface area (Å²) in [5.41, 5.74) is 10.1. The Balaban J connectivity index is 1.60. The van der Waals surface area contributed by atoms with Crippen molar-refractivity contribution in [2.45, 2.75) is 12.5 Å². The molecule has 2 aromatic heterocycles. The third kappa shape index (κ3) is 3.80. The van der Waals surface area contributed by atoms with E-state index < -0.39 is 0 Å². The summed E-state index contributed by atoms with van der Waals surface area (Å²) in [5, 5.41) is 9.51. The van der Waals surface area contributed by atoms with Crippen molar-refractivity contribution >= 4 is 18.0 Å². The van der Waals surface area contributed by atoms with Crippen LogP contribution in [0.4, 0.5) is 10.2 Å². The van der Waals surface area contributed by atoms with E-state index in [2.05, 4.69) is 20.9 Å². The number of H-pyrrole nitrogens is 1. The first-order valence-corrected chi connectivity index (χ1v) is 9.16. The van der Waals surface area contributed by atoms with Gasteiger partial charge in [-0.25, -0.2) is 4.39 Å². The Kier molecular flexibility index (Phi) is 4.92. The van der Waals surface area contributed by atoms with Crippen LogP contribution in [-0.4, -0.2) is 29.1 Å². The van der Waals surface area contributed by atoms with E-state index in [1.807, 2.05) is 30.4 Å². The number of nitrogens with zero attached hydrogens (tertiary/aromatic N) is 3. The van der Waals surface area contributed by atoms with Gasteiger partial charge in [-0.1, -0.05) is 18.2 Å². The van der Waals surface area contributed by atoms with E-state index in [0.29, 0.717) is 5.56 Å². The SMILES string of the molecule is N#Cc1cc(-c2ccnc(C=Cc3ccc(F)cc3)c2)[nH]c1N1CC[C@@H](N)C1. The molecule has 3 N–H and O–H groups in total. The van der Waals surface area contributed by atoms with Crippen LogP contribution < -0.4 is 10.6 Å². The topological polar surface area (TPSA) is 81.7 Å². The summed E-state index contributed by atoms with van der Waals surface area (Å²) >= 11 is 0. The highest BCUT2D eigenvalue weighted by molar-refractivity contribution is 5.73. The van der Waals surface area contributed by atoms with Gasteiger partial charge in [0.15, 0.2) is 0 Å². The Morgan fingerprint density at radius 1 is 1.21 bits per heavy atom. The Morgan fingerprint density at radius 3 is 2.75 bits per heavy atom. The smallest absolute Gasteiger partial charge is 0.124 e. The summed E-state index contributed by atoms with van der Waals surface area (Å²) in [4.78, 5) is 9.87. The molecule has 140 valence electrons. The van der Waals surface area contributed by atoms with Crippen LogP contribution in [0.2, 0.25) is 0 Å². The van der Waals surface area contributed by atoms with Gasteiger partial charge in [0.25, 0.3) is 0 Å². The number of nitrogens with one attached hydrogen (secondary N) is 1. The Hall–Kier alpha value is -3.43. The largest absolute Gasteiger partial charge is 0.355 e. The minimum Gasteiger partial charge on any atom is -0.355 e. The van der Waals surface area contributed by atoms with Crippen LogP contribution in [0.25, 0.3) is 23.4 Å². The molecule has 1 saturated heterocycles. The predicted molar refractivity (Wildman–Crippen MR) is 109 cm³/mol. The lowest BCUT2D eigenvalue weighted by Gasteiger charge is -2.16. The number of aromatic nitrogens is 2. The molecule has 0 radical (unpaired) electrons. The monoisotopic (exact) mass is 373 g/mol. The molecule has 3 aromatic rings. The number of nitrogens with two attached hydrogens (primary N) is 1.